The van der Waals surface area contributed by atoms with Crippen molar-refractivity contribution in [3.05, 3.63) is 129 Å². The molecule has 186 valence electrons. The number of likely N-dealkylation sites (tertiary alicyclic amines) is 1. The minimum atomic E-state index is -0.258. The Kier molecular flexibility index (Phi) is 7.19. The highest BCUT2D eigenvalue weighted by Gasteiger charge is 2.27. The predicted octanol–water partition coefficient (Wildman–Crippen LogP) is 5.63. The summed E-state index contributed by atoms with van der Waals surface area (Å²) in [6, 6.07) is 23.0. The quantitative estimate of drug-likeness (QED) is 0.327. The molecular formula is C31H29FN4O. The molecule has 3 aromatic carbocycles. The van der Waals surface area contributed by atoms with Gasteiger partial charge in [0.15, 0.2) is 5.78 Å². The fourth-order valence-corrected chi connectivity index (χ4v) is 4.47. The highest BCUT2D eigenvalue weighted by atomic mass is 19.1. The van der Waals surface area contributed by atoms with Gasteiger partial charge in [0.05, 0.1) is 18.4 Å². The van der Waals surface area contributed by atoms with Crippen molar-refractivity contribution in [2.45, 2.75) is 26.9 Å². The van der Waals surface area contributed by atoms with E-state index in [0.717, 1.165) is 28.0 Å². The summed E-state index contributed by atoms with van der Waals surface area (Å²) in [7, 11) is 0. The van der Waals surface area contributed by atoms with Crippen LogP contribution in [0.4, 0.5) is 4.39 Å². The Labute approximate surface area is 216 Å². The molecule has 0 N–H and O–H groups in total. The summed E-state index contributed by atoms with van der Waals surface area (Å²) in [6.07, 6.45) is 5.80. The normalized spacial score (nSPS) is 16.6. The number of piperidine rings is 1. The Balaban J connectivity index is 1.40. The SMILES string of the molecule is Cc1ccc(C=C2CN(Cc3cn(Cc4ccccc4F)nn3)CC(=Cc3ccc(C)cc3)C2=O)cc1. The number of carbonyl (C=O) groups excluding carboxylic acids is 1. The second-order valence-corrected chi connectivity index (χ2v) is 9.63. The number of benzene rings is 3. The first-order chi connectivity index (χ1) is 17.9. The van der Waals surface area contributed by atoms with Gasteiger partial charge in [-0.1, -0.05) is 83.1 Å². The highest BCUT2D eigenvalue weighted by molar-refractivity contribution is 6.14. The maximum absolute atomic E-state index is 14.1. The summed E-state index contributed by atoms with van der Waals surface area (Å²) in [5.41, 5.74) is 7.18. The third-order valence-corrected chi connectivity index (χ3v) is 6.47. The Hall–Kier alpha value is -4.16. The molecule has 2 heterocycles. The van der Waals surface area contributed by atoms with Gasteiger partial charge < -0.3 is 0 Å². The maximum atomic E-state index is 14.1. The van der Waals surface area contributed by atoms with Crippen molar-refractivity contribution in [3.8, 4) is 0 Å². The van der Waals surface area contributed by atoms with Crippen LogP contribution in [-0.2, 0) is 17.9 Å². The van der Waals surface area contributed by atoms with Crippen LogP contribution in [0.15, 0.2) is 90.1 Å². The molecule has 0 aliphatic carbocycles. The zero-order valence-corrected chi connectivity index (χ0v) is 21.1. The molecule has 0 radical (unpaired) electrons. The van der Waals surface area contributed by atoms with E-state index in [0.29, 0.717) is 31.7 Å². The molecule has 1 aliphatic rings. The first-order valence-corrected chi connectivity index (χ1v) is 12.4. The second kappa shape index (κ2) is 10.8. The minimum Gasteiger partial charge on any atom is -0.289 e. The van der Waals surface area contributed by atoms with E-state index in [1.807, 2.05) is 86.8 Å². The van der Waals surface area contributed by atoms with Crippen LogP contribution < -0.4 is 0 Å². The van der Waals surface area contributed by atoms with Gasteiger partial charge in [0.1, 0.15) is 5.82 Å². The number of rotatable bonds is 6. The van der Waals surface area contributed by atoms with E-state index in [4.69, 9.17) is 0 Å². The fraction of sp³-hybridized carbons (Fsp3) is 0.194. The van der Waals surface area contributed by atoms with E-state index >= 15 is 0 Å². The number of nitrogens with zero attached hydrogens (tertiary/aromatic N) is 4. The Morgan fingerprint density at radius 1 is 0.811 bits per heavy atom. The molecule has 0 saturated carbocycles. The van der Waals surface area contributed by atoms with Crippen LogP contribution in [-0.4, -0.2) is 38.8 Å². The molecule has 1 aliphatic heterocycles. The van der Waals surface area contributed by atoms with E-state index in [-0.39, 0.29) is 11.6 Å². The first-order valence-electron chi connectivity index (χ1n) is 12.4. The molecule has 1 aromatic heterocycles. The van der Waals surface area contributed by atoms with Gasteiger partial charge >= 0.3 is 0 Å². The van der Waals surface area contributed by atoms with Gasteiger partial charge in [0, 0.05) is 36.3 Å². The number of hydrogen-bond donors (Lipinski definition) is 0. The van der Waals surface area contributed by atoms with Gasteiger partial charge in [-0.2, -0.15) is 0 Å². The topological polar surface area (TPSA) is 51.0 Å². The number of halogens is 1. The van der Waals surface area contributed by atoms with Crippen LogP contribution in [0.5, 0.6) is 0 Å². The first kappa shape index (κ1) is 24.5. The number of ketones is 1. The van der Waals surface area contributed by atoms with E-state index in [9.17, 15) is 9.18 Å². The molecule has 5 rings (SSSR count). The molecular weight excluding hydrogens is 463 g/mol. The number of hydrogen-bond acceptors (Lipinski definition) is 4. The van der Waals surface area contributed by atoms with E-state index < -0.39 is 0 Å². The van der Waals surface area contributed by atoms with Gasteiger partial charge in [-0.3, -0.25) is 9.69 Å². The van der Waals surface area contributed by atoms with Crippen molar-refractivity contribution in [2.75, 3.05) is 13.1 Å². The van der Waals surface area contributed by atoms with Crippen molar-refractivity contribution < 1.29 is 9.18 Å². The molecule has 0 atom stereocenters. The van der Waals surface area contributed by atoms with Gasteiger partial charge in [0.2, 0.25) is 0 Å². The summed E-state index contributed by atoms with van der Waals surface area (Å²) in [5, 5.41) is 8.52. The van der Waals surface area contributed by atoms with Crippen molar-refractivity contribution in [1.82, 2.24) is 19.9 Å². The lowest BCUT2D eigenvalue weighted by atomic mass is 9.94. The summed E-state index contributed by atoms with van der Waals surface area (Å²) >= 11 is 0. The third-order valence-electron chi connectivity index (χ3n) is 6.47. The average molecular weight is 493 g/mol. The second-order valence-electron chi connectivity index (χ2n) is 9.63. The van der Waals surface area contributed by atoms with Crippen LogP contribution in [0.25, 0.3) is 12.2 Å². The van der Waals surface area contributed by atoms with Crippen molar-refractivity contribution >= 4 is 17.9 Å². The molecule has 0 bridgehead atoms. The molecule has 1 saturated heterocycles. The summed E-state index contributed by atoms with van der Waals surface area (Å²) < 4.78 is 15.7. The lowest BCUT2D eigenvalue weighted by Gasteiger charge is -2.29. The predicted molar refractivity (Wildman–Crippen MR) is 144 cm³/mol. The molecule has 37 heavy (non-hydrogen) atoms. The van der Waals surface area contributed by atoms with Crippen LogP contribution in [0.3, 0.4) is 0 Å². The van der Waals surface area contributed by atoms with Crippen LogP contribution in [0.1, 0.15) is 33.5 Å². The summed E-state index contributed by atoms with van der Waals surface area (Å²) in [4.78, 5) is 15.7. The Morgan fingerprint density at radius 3 is 1.95 bits per heavy atom. The van der Waals surface area contributed by atoms with E-state index in [1.165, 1.54) is 17.2 Å². The molecule has 4 aromatic rings. The zero-order valence-electron chi connectivity index (χ0n) is 21.1. The number of aryl methyl sites for hydroxylation is 2. The number of Topliss-reactive ketones (excluding diaryl/α,β-unsaturated/α-hetero) is 1. The summed E-state index contributed by atoms with van der Waals surface area (Å²) in [6.45, 7) is 5.96. The highest BCUT2D eigenvalue weighted by Crippen LogP contribution is 2.24. The Bertz CT molecular complexity index is 1400. The number of carbonyl (C=O) groups is 1. The monoisotopic (exact) mass is 492 g/mol. The molecule has 5 nitrogen and oxygen atoms in total. The molecule has 0 spiro atoms. The zero-order chi connectivity index (χ0) is 25.8. The molecule has 6 heteroatoms. The summed E-state index contributed by atoms with van der Waals surface area (Å²) in [5.74, 6) is -0.188. The average Bonchev–Trinajstić information content (AvgIpc) is 3.32. The lowest BCUT2D eigenvalue weighted by Crippen LogP contribution is -2.37. The minimum absolute atomic E-state index is 0.0700. The fourth-order valence-electron chi connectivity index (χ4n) is 4.47. The van der Waals surface area contributed by atoms with Crippen molar-refractivity contribution in [2.24, 2.45) is 0 Å². The van der Waals surface area contributed by atoms with Crippen molar-refractivity contribution in [1.29, 1.82) is 0 Å². The molecule has 0 unspecified atom stereocenters. The van der Waals surface area contributed by atoms with Gasteiger partial charge in [-0.25, -0.2) is 9.07 Å². The van der Waals surface area contributed by atoms with Gasteiger partial charge in [-0.15, -0.1) is 5.10 Å². The Morgan fingerprint density at radius 2 is 1.38 bits per heavy atom. The van der Waals surface area contributed by atoms with Gasteiger partial charge in [-0.05, 0) is 43.2 Å². The van der Waals surface area contributed by atoms with Crippen molar-refractivity contribution in [3.63, 3.8) is 0 Å². The maximum Gasteiger partial charge on any atom is 0.187 e. The van der Waals surface area contributed by atoms with Gasteiger partial charge in [0.25, 0.3) is 0 Å². The third kappa shape index (κ3) is 6.16. The smallest absolute Gasteiger partial charge is 0.187 e. The van der Waals surface area contributed by atoms with E-state index in [2.05, 4.69) is 15.2 Å². The largest absolute Gasteiger partial charge is 0.289 e. The van der Waals surface area contributed by atoms with E-state index in [1.54, 1.807) is 16.8 Å². The van der Waals surface area contributed by atoms with Crippen LogP contribution in [0.2, 0.25) is 0 Å². The number of aromatic nitrogens is 3. The molecule has 0 amide bonds. The standard InChI is InChI=1S/C31H29FN4O/c1-22-7-11-24(12-8-22)15-27-17-35(18-28(31(27)37)16-25-13-9-23(2)10-14-25)20-29-21-36(34-33-29)19-26-5-3-4-6-30(26)32/h3-16,21H,17-20H2,1-2H3. The van der Waals surface area contributed by atoms with Crippen LogP contribution >= 0.6 is 0 Å². The lowest BCUT2D eigenvalue weighted by molar-refractivity contribution is -0.113. The molecule has 1 fully saturated rings. The van der Waals surface area contributed by atoms with Crippen LogP contribution in [0, 0.1) is 19.7 Å².